The highest BCUT2D eigenvalue weighted by Crippen LogP contribution is 2.28. The molecule has 0 aromatic heterocycles. The number of hydrogen-bond donors (Lipinski definition) is 2. The Kier molecular flexibility index (Phi) is 5.63. The maximum absolute atomic E-state index is 9.74. The number of ether oxygens (including phenoxy) is 2. The molecular weight excluding hydrogens is 242 g/mol. The molecule has 1 saturated carbocycles. The molecule has 0 heterocycles. The molecule has 4 heteroatoms. The van der Waals surface area contributed by atoms with E-state index in [4.69, 9.17) is 9.47 Å². The predicted octanol–water partition coefficient (Wildman–Crippen LogP) is 1.57. The largest absolute Gasteiger partial charge is 0.497 e. The maximum Gasteiger partial charge on any atom is 0.118 e. The van der Waals surface area contributed by atoms with Crippen molar-refractivity contribution in [3.05, 3.63) is 29.8 Å². The fourth-order valence-corrected chi connectivity index (χ4v) is 1.84. The van der Waals surface area contributed by atoms with E-state index in [0.29, 0.717) is 13.2 Å². The van der Waals surface area contributed by atoms with Crippen LogP contribution >= 0.6 is 0 Å². The van der Waals surface area contributed by atoms with E-state index in [-0.39, 0.29) is 0 Å². The second kappa shape index (κ2) is 7.48. The molecular formula is C15H23NO3. The van der Waals surface area contributed by atoms with Gasteiger partial charge in [-0.15, -0.1) is 0 Å². The third-order valence-electron chi connectivity index (χ3n) is 3.23. The first-order valence-corrected chi connectivity index (χ1v) is 6.87. The van der Waals surface area contributed by atoms with Crippen molar-refractivity contribution in [1.82, 2.24) is 5.32 Å². The summed E-state index contributed by atoms with van der Waals surface area (Å²) >= 11 is 0. The minimum Gasteiger partial charge on any atom is -0.497 e. The Morgan fingerprint density at radius 1 is 1.32 bits per heavy atom. The van der Waals surface area contributed by atoms with Crippen molar-refractivity contribution in [3.63, 3.8) is 0 Å². The van der Waals surface area contributed by atoms with Gasteiger partial charge in [0, 0.05) is 19.7 Å². The van der Waals surface area contributed by atoms with E-state index in [1.807, 2.05) is 24.3 Å². The topological polar surface area (TPSA) is 50.7 Å². The Morgan fingerprint density at radius 3 is 2.68 bits per heavy atom. The molecule has 1 fully saturated rings. The fraction of sp³-hybridized carbons (Fsp3) is 0.600. The summed E-state index contributed by atoms with van der Waals surface area (Å²) in [6, 6.07) is 7.90. The van der Waals surface area contributed by atoms with Crippen LogP contribution in [0.3, 0.4) is 0 Å². The molecule has 0 spiro atoms. The molecule has 0 aliphatic heterocycles. The van der Waals surface area contributed by atoms with Crippen LogP contribution in [0.2, 0.25) is 0 Å². The van der Waals surface area contributed by atoms with Crippen LogP contribution in [0.4, 0.5) is 0 Å². The lowest BCUT2D eigenvalue weighted by Gasteiger charge is -2.12. The molecule has 0 saturated heterocycles. The van der Waals surface area contributed by atoms with E-state index in [1.165, 1.54) is 18.4 Å². The van der Waals surface area contributed by atoms with Crippen LogP contribution in [0.5, 0.6) is 5.75 Å². The third-order valence-corrected chi connectivity index (χ3v) is 3.23. The van der Waals surface area contributed by atoms with Crippen LogP contribution in [0.25, 0.3) is 0 Å². The number of aliphatic hydroxyl groups excluding tert-OH is 1. The van der Waals surface area contributed by atoms with Gasteiger partial charge in [0.1, 0.15) is 5.75 Å². The average Bonchev–Trinajstić information content (AvgIpc) is 3.24. The van der Waals surface area contributed by atoms with Gasteiger partial charge in [-0.3, -0.25) is 0 Å². The summed E-state index contributed by atoms with van der Waals surface area (Å²) in [5.41, 5.74) is 1.17. The van der Waals surface area contributed by atoms with E-state index in [1.54, 1.807) is 7.11 Å². The molecule has 2 N–H and O–H groups in total. The normalized spacial score (nSPS) is 16.3. The zero-order valence-corrected chi connectivity index (χ0v) is 11.5. The number of methoxy groups -OCH3 is 1. The SMILES string of the molecule is COc1ccc(CNCC(O)COCC2CC2)cc1. The molecule has 19 heavy (non-hydrogen) atoms. The average molecular weight is 265 g/mol. The Morgan fingerprint density at radius 2 is 2.05 bits per heavy atom. The van der Waals surface area contributed by atoms with E-state index >= 15 is 0 Å². The van der Waals surface area contributed by atoms with Crippen molar-refractivity contribution in [2.45, 2.75) is 25.5 Å². The first-order valence-electron chi connectivity index (χ1n) is 6.87. The lowest BCUT2D eigenvalue weighted by molar-refractivity contribution is 0.0324. The van der Waals surface area contributed by atoms with Crippen LogP contribution in [0.1, 0.15) is 18.4 Å². The van der Waals surface area contributed by atoms with Gasteiger partial charge in [-0.2, -0.15) is 0 Å². The summed E-state index contributed by atoms with van der Waals surface area (Å²) in [5.74, 6) is 1.61. The van der Waals surface area contributed by atoms with Gasteiger partial charge in [-0.25, -0.2) is 0 Å². The summed E-state index contributed by atoms with van der Waals surface area (Å²) in [5, 5.41) is 13.0. The van der Waals surface area contributed by atoms with E-state index in [2.05, 4.69) is 5.32 Å². The van der Waals surface area contributed by atoms with Crippen LogP contribution in [-0.2, 0) is 11.3 Å². The minimum absolute atomic E-state index is 0.423. The van der Waals surface area contributed by atoms with Gasteiger partial charge in [0.05, 0.1) is 19.8 Å². The van der Waals surface area contributed by atoms with Crippen LogP contribution in [0.15, 0.2) is 24.3 Å². The van der Waals surface area contributed by atoms with Crippen LogP contribution < -0.4 is 10.1 Å². The van der Waals surface area contributed by atoms with E-state index in [9.17, 15) is 5.11 Å². The first-order chi connectivity index (χ1) is 9.28. The zero-order chi connectivity index (χ0) is 13.5. The first kappa shape index (κ1) is 14.3. The van der Waals surface area contributed by atoms with Crippen molar-refractivity contribution < 1.29 is 14.6 Å². The Labute approximate surface area is 114 Å². The van der Waals surface area contributed by atoms with Crippen molar-refractivity contribution in [2.75, 3.05) is 26.9 Å². The summed E-state index contributed by atoms with van der Waals surface area (Å²) in [6.45, 7) is 2.52. The molecule has 0 radical (unpaired) electrons. The standard InChI is InChI=1S/C15H23NO3/c1-18-15-6-4-12(5-7-15)8-16-9-14(17)11-19-10-13-2-3-13/h4-7,13-14,16-17H,2-3,8-11H2,1H3. The van der Waals surface area contributed by atoms with Gasteiger partial charge < -0.3 is 19.9 Å². The Bertz CT molecular complexity index is 362. The minimum atomic E-state index is -0.433. The molecule has 106 valence electrons. The smallest absolute Gasteiger partial charge is 0.118 e. The molecule has 4 nitrogen and oxygen atoms in total. The van der Waals surface area contributed by atoms with Crippen molar-refractivity contribution >= 4 is 0 Å². The van der Waals surface area contributed by atoms with Crippen LogP contribution in [-0.4, -0.2) is 38.1 Å². The lowest BCUT2D eigenvalue weighted by Crippen LogP contribution is -2.30. The Balaban J connectivity index is 1.56. The fourth-order valence-electron chi connectivity index (χ4n) is 1.84. The molecule has 0 amide bonds. The molecule has 1 aromatic rings. The Hall–Kier alpha value is -1.10. The maximum atomic E-state index is 9.74. The van der Waals surface area contributed by atoms with Crippen LogP contribution in [0, 0.1) is 5.92 Å². The molecule has 1 atom stereocenters. The molecule has 1 aromatic carbocycles. The highest BCUT2D eigenvalue weighted by atomic mass is 16.5. The van der Waals surface area contributed by atoms with Gasteiger partial charge in [0.2, 0.25) is 0 Å². The molecule has 1 unspecified atom stereocenters. The molecule has 0 bridgehead atoms. The number of aliphatic hydroxyl groups is 1. The summed E-state index contributed by atoms with van der Waals surface area (Å²) in [7, 11) is 1.66. The molecule has 2 rings (SSSR count). The van der Waals surface area contributed by atoms with Crippen molar-refractivity contribution in [1.29, 1.82) is 0 Å². The zero-order valence-electron chi connectivity index (χ0n) is 11.5. The third kappa shape index (κ3) is 5.59. The highest BCUT2D eigenvalue weighted by molar-refractivity contribution is 5.26. The summed E-state index contributed by atoms with van der Waals surface area (Å²) in [4.78, 5) is 0. The summed E-state index contributed by atoms with van der Waals surface area (Å²) < 4.78 is 10.5. The predicted molar refractivity (Wildman–Crippen MR) is 74.3 cm³/mol. The van der Waals surface area contributed by atoms with Gasteiger partial charge in [0.25, 0.3) is 0 Å². The van der Waals surface area contributed by atoms with Gasteiger partial charge in [-0.1, -0.05) is 12.1 Å². The second-order valence-electron chi connectivity index (χ2n) is 5.11. The number of nitrogens with one attached hydrogen (secondary N) is 1. The number of benzene rings is 1. The van der Waals surface area contributed by atoms with E-state index in [0.717, 1.165) is 24.8 Å². The van der Waals surface area contributed by atoms with E-state index < -0.39 is 6.10 Å². The molecule has 1 aliphatic rings. The monoisotopic (exact) mass is 265 g/mol. The molecule has 1 aliphatic carbocycles. The highest BCUT2D eigenvalue weighted by Gasteiger charge is 2.21. The lowest BCUT2D eigenvalue weighted by atomic mass is 10.2. The quantitative estimate of drug-likeness (QED) is 0.711. The van der Waals surface area contributed by atoms with Gasteiger partial charge in [0.15, 0.2) is 0 Å². The van der Waals surface area contributed by atoms with Crippen molar-refractivity contribution in [3.8, 4) is 5.75 Å². The number of hydrogen-bond acceptors (Lipinski definition) is 4. The van der Waals surface area contributed by atoms with Crippen molar-refractivity contribution in [2.24, 2.45) is 5.92 Å². The summed E-state index contributed by atoms with van der Waals surface area (Å²) in [6.07, 6.45) is 2.13. The second-order valence-corrected chi connectivity index (χ2v) is 5.11. The van der Waals surface area contributed by atoms with Gasteiger partial charge >= 0.3 is 0 Å². The number of rotatable bonds is 9. The van der Waals surface area contributed by atoms with Gasteiger partial charge in [-0.05, 0) is 36.5 Å².